The Hall–Kier alpha value is -1.13. The second kappa shape index (κ2) is 4.03. The van der Waals surface area contributed by atoms with Crippen molar-refractivity contribution in [2.45, 2.75) is 24.7 Å². The first-order chi connectivity index (χ1) is 7.60. The van der Waals surface area contributed by atoms with Gasteiger partial charge in [0, 0.05) is 5.69 Å². The fraction of sp³-hybridized carbons (Fsp3) is 0.455. The number of carboxylic acid groups (broad SMARTS) is 1. The topological polar surface area (TPSA) is 70.4 Å². The van der Waals surface area contributed by atoms with Crippen LogP contribution in [0.25, 0.3) is 0 Å². The number of aliphatic hydroxyl groups excluding tert-OH is 1. The summed E-state index contributed by atoms with van der Waals surface area (Å²) in [5.74, 6) is -1.000. The second-order valence-corrected chi connectivity index (χ2v) is 4.41. The molecule has 0 spiro atoms. The second-order valence-electron chi connectivity index (χ2n) is 4.03. The fourth-order valence-corrected chi connectivity index (χ4v) is 2.41. The normalized spacial score (nSPS) is 23.9. The summed E-state index contributed by atoms with van der Waals surface area (Å²) in [4.78, 5) is 15.5. The van der Waals surface area contributed by atoms with Crippen LogP contribution in [0.1, 0.15) is 24.1 Å². The largest absolute Gasteiger partial charge is 0.481 e. The highest BCUT2D eigenvalue weighted by atomic mass is 35.5. The number of carboxylic acids is 1. The third kappa shape index (κ3) is 1.58. The van der Waals surface area contributed by atoms with Gasteiger partial charge < -0.3 is 10.2 Å². The van der Waals surface area contributed by atoms with E-state index in [9.17, 15) is 15.0 Å². The lowest BCUT2D eigenvalue weighted by Crippen LogP contribution is -2.42. The first-order valence-electron chi connectivity index (χ1n) is 5.10. The molecule has 0 radical (unpaired) electrons. The van der Waals surface area contributed by atoms with E-state index in [-0.39, 0.29) is 0 Å². The van der Waals surface area contributed by atoms with Crippen LogP contribution in [0.3, 0.4) is 0 Å². The molecule has 4 nitrogen and oxygen atoms in total. The number of hydrogen-bond donors (Lipinski definition) is 2. The number of hydrogen-bond acceptors (Lipinski definition) is 3. The highest BCUT2D eigenvalue weighted by Crippen LogP contribution is 2.37. The van der Waals surface area contributed by atoms with Gasteiger partial charge in [-0.15, -0.1) is 0 Å². The summed E-state index contributed by atoms with van der Waals surface area (Å²) in [6, 6.07) is 3.23. The molecule has 1 atom stereocenters. The summed E-state index contributed by atoms with van der Waals surface area (Å²) >= 11 is 5.77. The zero-order valence-corrected chi connectivity index (χ0v) is 9.37. The predicted molar refractivity (Wildman–Crippen MR) is 58.6 cm³/mol. The molecule has 0 saturated carbocycles. The fourth-order valence-electron chi connectivity index (χ4n) is 2.25. The lowest BCUT2D eigenvalue weighted by Gasteiger charge is -2.33. The van der Waals surface area contributed by atoms with Crippen molar-refractivity contribution >= 4 is 17.6 Å². The molecule has 1 unspecified atom stereocenters. The van der Waals surface area contributed by atoms with Crippen LogP contribution >= 0.6 is 11.6 Å². The van der Waals surface area contributed by atoms with Crippen LogP contribution in [0, 0.1) is 0 Å². The van der Waals surface area contributed by atoms with Crippen molar-refractivity contribution in [2.24, 2.45) is 0 Å². The number of aromatic nitrogens is 1. The lowest BCUT2D eigenvalue weighted by atomic mass is 9.72. The number of aliphatic carboxylic acids is 1. The zero-order valence-electron chi connectivity index (χ0n) is 8.61. The maximum Gasteiger partial charge on any atom is 0.316 e. The minimum absolute atomic E-state index is 0.359. The first kappa shape index (κ1) is 11.4. The molecule has 0 aliphatic heterocycles. The quantitative estimate of drug-likeness (QED) is 0.768. The highest BCUT2D eigenvalue weighted by molar-refractivity contribution is 6.29. The molecule has 1 aliphatic rings. The van der Waals surface area contributed by atoms with Crippen molar-refractivity contribution < 1.29 is 15.0 Å². The summed E-state index contributed by atoms with van der Waals surface area (Å²) in [7, 11) is 0. The van der Waals surface area contributed by atoms with Crippen LogP contribution in [0.15, 0.2) is 12.1 Å². The van der Waals surface area contributed by atoms with Crippen LogP contribution in [0.5, 0.6) is 0 Å². The van der Waals surface area contributed by atoms with E-state index >= 15 is 0 Å². The van der Waals surface area contributed by atoms with Crippen molar-refractivity contribution in [2.75, 3.05) is 6.61 Å². The third-order valence-corrected chi connectivity index (χ3v) is 3.36. The van der Waals surface area contributed by atoms with Gasteiger partial charge in [0.05, 0.1) is 6.61 Å². The molecule has 1 aromatic heterocycles. The minimum atomic E-state index is -1.20. The lowest BCUT2D eigenvalue weighted by molar-refractivity contribution is -0.146. The van der Waals surface area contributed by atoms with Crippen molar-refractivity contribution in [3.8, 4) is 0 Å². The van der Waals surface area contributed by atoms with E-state index in [0.717, 1.165) is 0 Å². The Morgan fingerprint density at radius 2 is 2.31 bits per heavy atom. The monoisotopic (exact) mass is 241 g/mol. The first-order valence-corrected chi connectivity index (χ1v) is 5.48. The van der Waals surface area contributed by atoms with Gasteiger partial charge in [0.25, 0.3) is 0 Å². The number of aliphatic hydroxyl groups is 1. The SMILES string of the molecule is O=C(O)C1(CO)CCCc2nc(Cl)ccc21. The van der Waals surface area contributed by atoms with Crippen molar-refractivity contribution in [1.29, 1.82) is 0 Å². The predicted octanol–water partition coefficient (Wildman–Crippen LogP) is 1.39. The van der Waals surface area contributed by atoms with Crippen LogP contribution in [-0.2, 0) is 16.6 Å². The molecule has 0 amide bonds. The van der Waals surface area contributed by atoms with E-state index in [4.69, 9.17) is 11.6 Å². The number of pyridine rings is 1. The summed E-state index contributed by atoms with van der Waals surface area (Å²) in [6.07, 6.45) is 1.85. The maximum atomic E-state index is 11.3. The highest BCUT2D eigenvalue weighted by Gasteiger charge is 2.43. The third-order valence-electron chi connectivity index (χ3n) is 3.15. The number of halogens is 1. The van der Waals surface area contributed by atoms with Crippen LogP contribution in [0.4, 0.5) is 0 Å². The van der Waals surface area contributed by atoms with Gasteiger partial charge in [0.15, 0.2) is 0 Å². The number of rotatable bonds is 2. The maximum absolute atomic E-state index is 11.3. The molecular weight excluding hydrogens is 230 g/mol. The number of aryl methyl sites for hydroxylation is 1. The van der Waals surface area contributed by atoms with Gasteiger partial charge in [-0.1, -0.05) is 17.7 Å². The van der Waals surface area contributed by atoms with E-state index < -0.39 is 18.0 Å². The summed E-state index contributed by atoms with van der Waals surface area (Å²) < 4.78 is 0. The van der Waals surface area contributed by atoms with Crippen LogP contribution in [-0.4, -0.2) is 27.8 Å². The van der Waals surface area contributed by atoms with Crippen molar-refractivity contribution in [3.63, 3.8) is 0 Å². The van der Waals surface area contributed by atoms with E-state index in [1.807, 2.05) is 0 Å². The van der Waals surface area contributed by atoms with Gasteiger partial charge in [-0.25, -0.2) is 4.98 Å². The number of carbonyl (C=O) groups is 1. The Labute approximate surface area is 97.9 Å². The molecule has 1 aliphatic carbocycles. The number of nitrogens with zero attached hydrogens (tertiary/aromatic N) is 1. The van der Waals surface area contributed by atoms with E-state index in [2.05, 4.69) is 4.98 Å². The van der Waals surface area contributed by atoms with Gasteiger partial charge in [0.2, 0.25) is 0 Å². The molecule has 86 valence electrons. The average Bonchev–Trinajstić information content (AvgIpc) is 2.27. The molecule has 2 rings (SSSR count). The van der Waals surface area contributed by atoms with Crippen molar-refractivity contribution in [3.05, 3.63) is 28.5 Å². The molecule has 0 saturated heterocycles. The van der Waals surface area contributed by atoms with Gasteiger partial charge in [-0.2, -0.15) is 0 Å². The summed E-state index contributed by atoms with van der Waals surface area (Å²) in [6.45, 7) is -0.404. The molecular formula is C11H12ClNO3. The Morgan fingerprint density at radius 1 is 1.56 bits per heavy atom. The molecule has 0 fully saturated rings. The summed E-state index contributed by atoms with van der Waals surface area (Å²) in [5.41, 5.74) is 0.0823. The van der Waals surface area contributed by atoms with E-state index in [0.29, 0.717) is 35.7 Å². The molecule has 2 N–H and O–H groups in total. The molecule has 1 aromatic rings. The van der Waals surface area contributed by atoms with Gasteiger partial charge in [-0.05, 0) is 30.9 Å². The molecule has 0 aromatic carbocycles. The van der Waals surface area contributed by atoms with E-state index in [1.54, 1.807) is 12.1 Å². The van der Waals surface area contributed by atoms with Crippen LogP contribution < -0.4 is 0 Å². The van der Waals surface area contributed by atoms with E-state index in [1.165, 1.54) is 0 Å². The van der Waals surface area contributed by atoms with Crippen LogP contribution in [0.2, 0.25) is 5.15 Å². The average molecular weight is 242 g/mol. The van der Waals surface area contributed by atoms with Gasteiger partial charge in [0.1, 0.15) is 10.6 Å². The van der Waals surface area contributed by atoms with Crippen molar-refractivity contribution in [1.82, 2.24) is 4.98 Å². The van der Waals surface area contributed by atoms with Gasteiger partial charge >= 0.3 is 5.97 Å². The molecule has 1 heterocycles. The number of fused-ring (bicyclic) bond motifs is 1. The standard InChI is InChI=1S/C11H12ClNO3/c12-9-4-3-7-8(13-9)2-1-5-11(7,6-14)10(15)16/h3-4,14H,1-2,5-6H2,(H,15,16). The summed E-state index contributed by atoms with van der Waals surface area (Å²) in [5, 5.41) is 19.0. The Kier molecular flexibility index (Phi) is 2.86. The Bertz CT molecular complexity index is 435. The zero-order chi connectivity index (χ0) is 11.8. The minimum Gasteiger partial charge on any atom is -0.481 e. The molecule has 5 heteroatoms. The Balaban J connectivity index is 2.58. The Morgan fingerprint density at radius 3 is 2.94 bits per heavy atom. The molecule has 0 bridgehead atoms. The molecule has 16 heavy (non-hydrogen) atoms. The smallest absolute Gasteiger partial charge is 0.316 e. The van der Waals surface area contributed by atoms with Gasteiger partial charge in [-0.3, -0.25) is 4.79 Å².